The van der Waals surface area contributed by atoms with Crippen LogP contribution in [0.3, 0.4) is 0 Å². The van der Waals surface area contributed by atoms with Crippen molar-refractivity contribution < 1.29 is 32.7 Å². The average molecular weight is 517 g/mol. The number of hydrogen-bond acceptors (Lipinski definition) is 6. The van der Waals surface area contributed by atoms with Gasteiger partial charge in [-0.05, 0) is 38.1 Å². The van der Waals surface area contributed by atoms with Crippen LogP contribution in [-0.2, 0) is 25.5 Å². The molecule has 0 aliphatic heterocycles. The second kappa shape index (κ2) is 10.6. The molecule has 2 aromatic carbocycles. The van der Waals surface area contributed by atoms with Gasteiger partial charge in [-0.1, -0.05) is 46.3 Å². The van der Waals surface area contributed by atoms with Gasteiger partial charge in [-0.2, -0.15) is 0 Å². The average Bonchev–Trinajstić information content (AvgIpc) is 3.27. The van der Waals surface area contributed by atoms with Crippen molar-refractivity contribution in [3.8, 4) is 11.1 Å². The van der Waals surface area contributed by atoms with E-state index in [2.05, 4.69) is 15.9 Å². The fourth-order valence-corrected chi connectivity index (χ4v) is 3.77. The lowest BCUT2D eigenvalue weighted by molar-refractivity contribution is -0.158. The van der Waals surface area contributed by atoms with Crippen LogP contribution in [0.2, 0.25) is 0 Å². The Bertz CT molecular complexity index is 1140. The maximum absolute atomic E-state index is 14.8. The summed E-state index contributed by atoms with van der Waals surface area (Å²) >= 11 is 3.18. The van der Waals surface area contributed by atoms with Crippen molar-refractivity contribution in [2.24, 2.45) is 0 Å². The summed E-state index contributed by atoms with van der Waals surface area (Å²) in [4.78, 5) is 38.0. The van der Waals surface area contributed by atoms with Crippen LogP contribution in [0.4, 0.5) is 4.39 Å². The Morgan fingerprint density at radius 1 is 0.909 bits per heavy atom. The number of halogens is 2. The van der Waals surface area contributed by atoms with Crippen LogP contribution >= 0.6 is 15.9 Å². The summed E-state index contributed by atoms with van der Waals surface area (Å²) in [5.74, 6) is -2.40. The van der Waals surface area contributed by atoms with Crippen LogP contribution in [-0.4, -0.2) is 35.3 Å². The lowest BCUT2D eigenvalue weighted by atomic mass is 9.95. The zero-order valence-electron chi connectivity index (χ0n) is 18.1. The van der Waals surface area contributed by atoms with E-state index in [1.807, 2.05) is 0 Å². The molecule has 3 rings (SSSR count). The van der Waals surface area contributed by atoms with Gasteiger partial charge in [0.2, 0.25) is 4.32 Å². The highest BCUT2D eigenvalue weighted by atomic mass is 79.9. The Morgan fingerprint density at radius 2 is 1.55 bits per heavy atom. The Labute approximate surface area is 198 Å². The van der Waals surface area contributed by atoms with Crippen molar-refractivity contribution >= 4 is 33.7 Å². The van der Waals surface area contributed by atoms with Crippen LogP contribution < -0.4 is 0 Å². The summed E-state index contributed by atoms with van der Waals surface area (Å²) in [5.41, 5.74) is 1.15. The summed E-state index contributed by atoms with van der Waals surface area (Å²) in [6.45, 7) is 3.32. The van der Waals surface area contributed by atoms with Gasteiger partial charge in [-0.3, -0.25) is 4.79 Å². The molecule has 0 fully saturated rings. The highest BCUT2D eigenvalue weighted by Crippen LogP contribution is 2.35. The van der Waals surface area contributed by atoms with Crippen molar-refractivity contribution in [1.82, 2.24) is 0 Å². The molecule has 0 saturated carbocycles. The second-order valence-corrected chi connectivity index (χ2v) is 8.42. The van der Waals surface area contributed by atoms with E-state index < -0.39 is 22.1 Å². The van der Waals surface area contributed by atoms with Crippen LogP contribution in [0.15, 0.2) is 65.3 Å². The maximum atomic E-state index is 14.8. The molecule has 0 N–H and O–H groups in total. The monoisotopic (exact) mass is 516 g/mol. The fourth-order valence-electron chi connectivity index (χ4n) is 3.29. The van der Waals surface area contributed by atoms with E-state index in [9.17, 15) is 18.8 Å². The number of hydrogen-bond donors (Lipinski definition) is 0. The molecule has 0 bridgehead atoms. The molecule has 0 aliphatic carbocycles. The van der Waals surface area contributed by atoms with Crippen LogP contribution in [0.1, 0.15) is 35.5 Å². The van der Waals surface area contributed by atoms with E-state index in [-0.39, 0.29) is 42.3 Å². The minimum Gasteiger partial charge on any atom is -0.469 e. The smallest absolute Gasteiger partial charge is 0.334 e. The Balaban J connectivity index is 2.00. The first-order chi connectivity index (χ1) is 15.8. The predicted octanol–water partition coefficient (Wildman–Crippen LogP) is 5.12. The molecule has 0 aliphatic rings. The number of esters is 2. The molecule has 6 nitrogen and oxygen atoms in total. The zero-order chi connectivity index (χ0) is 24.0. The number of ketones is 1. The van der Waals surface area contributed by atoms with Crippen molar-refractivity contribution in [2.75, 3.05) is 13.2 Å². The first-order valence-corrected chi connectivity index (χ1v) is 11.1. The molecule has 1 aromatic heterocycles. The first-order valence-electron chi connectivity index (χ1n) is 10.3. The SMILES string of the molecule is CCOC(=O)C(Br)(Cc1occc1-c1cc(C(=O)c2ccccc2)ccc1F)C(=O)OCC. The van der Waals surface area contributed by atoms with Gasteiger partial charge >= 0.3 is 11.9 Å². The third-order valence-electron chi connectivity index (χ3n) is 4.90. The molecule has 3 aromatic rings. The molecule has 0 atom stereocenters. The molecular weight excluding hydrogens is 495 g/mol. The molecule has 1 heterocycles. The predicted molar refractivity (Wildman–Crippen MR) is 123 cm³/mol. The summed E-state index contributed by atoms with van der Waals surface area (Å²) in [6, 6.07) is 14.2. The molecule has 0 spiro atoms. The van der Waals surface area contributed by atoms with Crippen molar-refractivity contribution in [3.63, 3.8) is 0 Å². The van der Waals surface area contributed by atoms with Gasteiger partial charge < -0.3 is 13.9 Å². The number of benzene rings is 2. The summed E-state index contributed by atoms with van der Waals surface area (Å²) < 4.78 is 28.6. The van der Waals surface area contributed by atoms with Crippen molar-refractivity contribution in [2.45, 2.75) is 24.6 Å². The number of furan rings is 1. The molecule has 0 saturated heterocycles. The number of carbonyl (C=O) groups excluding carboxylic acids is 3. The summed E-state index contributed by atoms with van der Waals surface area (Å²) in [7, 11) is 0. The molecule has 0 amide bonds. The third-order valence-corrected chi connectivity index (χ3v) is 5.83. The van der Waals surface area contributed by atoms with Gasteiger partial charge in [0.15, 0.2) is 5.78 Å². The molecule has 0 unspecified atom stereocenters. The lowest BCUT2D eigenvalue weighted by Gasteiger charge is -2.22. The lowest BCUT2D eigenvalue weighted by Crippen LogP contribution is -2.45. The molecule has 8 heteroatoms. The highest BCUT2D eigenvalue weighted by molar-refractivity contribution is 9.10. The number of rotatable bonds is 9. The van der Waals surface area contributed by atoms with Crippen LogP contribution in [0, 0.1) is 5.82 Å². The van der Waals surface area contributed by atoms with E-state index in [1.54, 1.807) is 44.2 Å². The van der Waals surface area contributed by atoms with E-state index in [4.69, 9.17) is 13.9 Å². The highest BCUT2D eigenvalue weighted by Gasteiger charge is 2.48. The van der Waals surface area contributed by atoms with Gasteiger partial charge in [-0.25, -0.2) is 14.0 Å². The number of alkyl halides is 1. The largest absolute Gasteiger partial charge is 0.469 e. The number of carbonyl (C=O) groups is 3. The minimum absolute atomic E-state index is 0.0505. The Morgan fingerprint density at radius 3 is 2.15 bits per heavy atom. The first kappa shape index (κ1) is 24.4. The molecule has 33 heavy (non-hydrogen) atoms. The van der Waals surface area contributed by atoms with E-state index in [1.165, 1.54) is 30.5 Å². The topological polar surface area (TPSA) is 82.8 Å². The maximum Gasteiger partial charge on any atom is 0.334 e. The Kier molecular flexibility index (Phi) is 7.81. The quantitative estimate of drug-likeness (QED) is 0.170. The van der Waals surface area contributed by atoms with Crippen LogP contribution in [0.5, 0.6) is 0 Å². The standard InChI is InChI=1S/C25H22BrFO6/c1-3-31-23(29)25(26,24(30)32-4-2)15-21-18(12-13-33-21)19-14-17(10-11-20(19)27)22(28)16-8-6-5-7-9-16/h5-14H,3-4,15H2,1-2H3. The third kappa shape index (κ3) is 5.22. The van der Waals surface area contributed by atoms with E-state index in [0.717, 1.165) is 0 Å². The molecule has 172 valence electrons. The van der Waals surface area contributed by atoms with Gasteiger partial charge in [0, 0.05) is 28.7 Å². The van der Waals surface area contributed by atoms with Gasteiger partial charge in [-0.15, -0.1) is 0 Å². The number of ether oxygens (including phenoxy) is 2. The van der Waals surface area contributed by atoms with Crippen molar-refractivity contribution in [1.29, 1.82) is 0 Å². The van der Waals surface area contributed by atoms with Gasteiger partial charge in [0.05, 0.1) is 19.5 Å². The Hall–Kier alpha value is -3.26. The minimum atomic E-state index is -1.88. The van der Waals surface area contributed by atoms with E-state index in [0.29, 0.717) is 11.1 Å². The normalized spacial score (nSPS) is 11.2. The van der Waals surface area contributed by atoms with Gasteiger partial charge in [0.1, 0.15) is 11.6 Å². The summed E-state index contributed by atoms with van der Waals surface area (Å²) in [6.07, 6.45) is 1.03. The second-order valence-electron chi connectivity index (χ2n) is 7.07. The molecular formula is C25H22BrFO6. The fraction of sp³-hybridized carbons (Fsp3) is 0.240. The van der Waals surface area contributed by atoms with Crippen LogP contribution in [0.25, 0.3) is 11.1 Å². The van der Waals surface area contributed by atoms with Gasteiger partial charge in [0.25, 0.3) is 0 Å². The van der Waals surface area contributed by atoms with E-state index >= 15 is 0 Å². The summed E-state index contributed by atoms with van der Waals surface area (Å²) in [5, 5.41) is 0. The van der Waals surface area contributed by atoms with Crippen molar-refractivity contribution in [3.05, 3.63) is 83.6 Å². The molecule has 0 radical (unpaired) electrons. The zero-order valence-corrected chi connectivity index (χ0v) is 19.7.